The van der Waals surface area contributed by atoms with Crippen LogP contribution in [0.2, 0.25) is 0 Å². The van der Waals surface area contributed by atoms with Crippen LogP contribution in [0.4, 0.5) is 17.2 Å². The third-order valence-corrected chi connectivity index (χ3v) is 4.89. The van der Waals surface area contributed by atoms with Gasteiger partial charge < -0.3 is 26.3 Å². The molecule has 0 radical (unpaired) electrons. The highest BCUT2D eigenvalue weighted by atomic mass is 16.2. The maximum atomic E-state index is 12.7. The van der Waals surface area contributed by atoms with E-state index in [9.17, 15) is 9.59 Å². The van der Waals surface area contributed by atoms with E-state index in [1.165, 1.54) is 12.3 Å². The van der Waals surface area contributed by atoms with Gasteiger partial charge >= 0.3 is 0 Å². The summed E-state index contributed by atoms with van der Waals surface area (Å²) in [6.45, 7) is 0.620. The van der Waals surface area contributed by atoms with E-state index in [1.54, 1.807) is 49.8 Å². The summed E-state index contributed by atoms with van der Waals surface area (Å²) in [5, 5.41) is 14.2. The maximum absolute atomic E-state index is 12.7. The Hall–Kier alpha value is -4.65. The number of nitrogens with zero attached hydrogens (tertiary/aromatic N) is 4. The lowest BCUT2D eigenvalue weighted by atomic mass is 10.1. The first kappa shape index (κ1) is 23.0. The number of hydrogen-bond acceptors (Lipinski definition) is 8. The van der Waals surface area contributed by atoms with E-state index in [0.717, 1.165) is 5.69 Å². The van der Waals surface area contributed by atoms with Crippen molar-refractivity contribution in [1.82, 2.24) is 15.0 Å². The minimum Gasteiger partial charge on any atom is -0.401 e. The summed E-state index contributed by atoms with van der Waals surface area (Å²) in [5.74, 6) is 0.168. The third kappa shape index (κ3) is 5.95. The Bertz CT molecular complexity index is 1260. The number of carbonyl (C=O) groups excluding carboxylic acids is 1. The number of nitrogens with one attached hydrogen (secondary N) is 3. The van der Waals surface area contributed by atoms with Crippen LogP contribution in [0.3, 0.4) is 0 Å². The topological polar surface area (TPSA) is 153 Å². The molecule has 2 aromatic heterocycles. The number of nitrogens with two attached hydrogens (primary N) is 1. The van der Waals surface area contributed by atoms with Gasteiger partial charge in [-0.3, -0.25) is 14.6 Å². The van der Waals surface area contributed by atoms with Crippen molar-refractivity contribution in [3.05, 3.63) is 76.6 Å². The molecule has 0 aliphatic rings. The van der Waals surface area contributed by atoms with E-state index in [2.05, 4.69) is 25.6 Å². The number of aromatic nitrogens is 3. The van der Waals surface area contributed by atoms with Gasteiger partial charge in [-0.15, -0.1) is 0 Å². The van der Waals surface area contributed by atoms with Crippen molar-refractivity contribution in [3.63, 3.8) is 0 Å². The number of allylic oxidation sites excluding steroid dienone is 1. The lowest BCUT2D eigenvalue weighted by Crippen LogP contribution is -2.21. The van der Waals surface area contributed by atoms with Gasteiger partial charge in [0.25, 0.3) is 11.5 Å². The van der Waals surface area contributed by atoms with E-state index in [1.807, 2.05) is 18.0 Å². The molecule has 0 aliphatic heterocycles. The minimum absolute atomic E-state index is 0.107. The Morgan fingerprint density at radius 1 is 1.30 bits per heavy atom. The Balaban J connectivity index is 1.71. The number of hydrogen-bond donors (Lipinski definition) is 4. The first-order valence-electron chi connectivity index (χ1n) is 10.1. The molecule has 10 heteroatoms. The molecule has 3 rings (SSSR count). The molecule has 10 nitrogen and oxygen atoms in total. The molecule has 3 aromatic rings. The maximum Gasteiger partial charge on any atom is 0.271 e. The average Bonchev–Trinajstić information content (AvgIpc) is 2.84. The monoisotopic (exact) mass is 444 g/mol. The van der Waals surface area contributed by atoms with Crippen molar-refractivity contribution in [2.75, 3.05) is 36.2 Å². The second-order valence-corrected chi connectivity index (χ2v) is 7.19. The molecule has 1 amide bonds. The molecule has 0 bridgehead atoms. The van der Waals surface area contributed by atoms with Crippen LogP contribution in [0.25, 0.3) is 11.3 Å². The molecular formula is C23H24N8O2. The van der Waals surface area contributed by atoms with Gasteiger partial charge in [0.2, 0.25) is 0 Å². The quantitative estimate of drug-likeness (QED) is 0.386. The van der Waals surface area contributed by atoms with Gasteiger partial charge in [-0.05, 0) is 30.3 Å². The number of H-pyrrole nitrogens is 1. The van der Waals surface area contributed by atoms with Gasteiger partial charge in [-0.25, -0.2) is 4.98 Å². The van der Waals surface area contributed by atoms with Crippen LogP contribution in [0, 0.1) is 11.3 Å². The highest BCUT2D eigenvalue weighted by Crippen LogP contribution is 2.19. The molecule has 33 heavy (non-hydrogen) atoms. The summed E-state index contributed by atoms with van der Waals surface area (Å²) < 4.78 is 0. The SMILES string of the molecule is CNc1cncc(-c2c[nH]c(=O)c(NC(=O)c3ccc(N(C)CC/C(N)=C/C#N)cc3)c2)n1. The van der Waals surface area contributed by atoms with Crippen LogP contribution in [0.15, 0.2) is 65.5 Å². The van der Waals surface area contributed by atoms with Crippen molar-refractivity contribution in [2.24, 2.45) is 5.73 Å². The van der Waals surface area contributed by atoms with Crippen LogP contribution in [-0.2, 0) is 0 Å². The molecule has 0 fully saturated rings. The summed E-state index contributed by atoms with van der Waals surface area (Å²) >= 11 is 0. The zero-order valence-corrected chi connectivity index (χ0v) is 18.3. The predicted octanol–water partition coefficient (Wildman–Crippen LogP) is 2.32. The second-order valence-electron chi connectivity index (χ2n) is 7.19. The molecule has 5 N–H and O–H groups in total. The first-order valence-corrected chi connectivity index (χ1v) is 10.1. The Morgan fingerprint density at radius 2 is 2.06 bits per heavy atom. The van der Waals surface area contributed by atoms with Gasteiger partial charge in [-0.1, -0.05) is 0 Å². The molecule has 0 unspecified atom stereocenters. The Labute approximate surface area is 190 Å². The van der Waals surface area contributed by atoms with E-state index in [-0.39, 0.29) is 5.69 Å². The van der Waals surface area contributed by atoms with Gasteiger partial charge in [0.05, 0.1) is 24.2 Å². The molecule has 0 aliphatic carbocycles. The van der Waals surface area contributed by atoms with Crippen LogP contribution in [0.5, 0.6) is 0 Å². The van der Waals surface area contributed by atoms with Gasteiger partial charge in [0.1, 0.15) is 11.5 Å². The molecule has 168 valence electrons. The summed E-state index contributed by atoms with van der Waals surface area (Å²) in [4.78, 5) is 38.1. The lowest BCUT2D eigenvalue weighted by Gasteiger charge is -2.19. The number of rotatable bonds is 8. The number of nitriles is 1. The molecule has 1 aromatic carbocycles. The smallest absolute Gasteiger partial charge is 0.271 e. The fourth-order valence-electron chi connectivity index (χ4n) is 2.99. The number of benzene rings is 1. The van der Waals surface area contributed by atoms with Gasteiger partial charge in [0.15, 0.2) is 0 Å². The van der Waals surface area contributed by atoms with Crippen molar-refractivity contribution in [3.8, 4) is 17.3 Å². The second kappa shape index (κ2) is 10.6. The standard InChI is InChI=1S/C23H24N8O2/c1-26-21-14-27-13-20(29-21)16-11-19(23(33)28-12-16)30-22(32)15-3-5-18(6-4-15)31(2)10-8-17(25)7-9-24/h3-7,11-14H,8,10,25H2,1-2H3,(H,26,29)(H,28,33)(H,30,32)/b17-7-. The van der Waals surface area contributed by atoms with Gasteiger partial charge in [-0.2, -0.15) is 5.26 Å². The van der Waals surface area contributed by atoms with Crippen molar-refractivity contribution < 1.29 is 4.79 Å². The minimum atomic E-state index is -0.427. The van der Waals surface area contributed by atoms with Crippen LogP contribution in [-0.4, -0.2) is 41.5 Å². The predicted molar refractivity (Wildman–Crippen MR) is 128 cm³/mol. The van der Waals surface area contributed by atoms with Crippen molar-refractivity contribution in [2.45, 2.75) is 6.42 Å². The largest absolute Gasteiger partial charge is 0.401 e. The third-order valence-electron chi connectivity index (χ3n) is 4.89. The Kier molecular flexibility index (Phi) is 7.39. The van der Waals surface area contributed by atoms with Gasteiger partial charge in [0, 0.05) is 61.8 Å². The van der Waals surface area contributed by atoms with E-state index in [4.69, 9.17) is 11.0 Å². The number of aromatic amines is 1. The van der Waals surface area contributed by atoms with Crippen molar-refractivity contribution in [1.29, 1.82) is 5.26 Å². The molecular weight excluding hydrogens is 420 g/mol. The molecule has 0 atom stereocenters. The van der Waals surface area contributed by atoms with Crippen LogP contribution in [0.1, 0.15) is 16.8 Å². The average molecular weight is 444 g/mol. The number of pyridine rings is 1. The molecule has 0 spiro atoms. The van der Waals surface area contributed by atoms with Crippen LogP contribution >= 0.6 is 0 Å². The number of amides is 1. The van der Waals surface area contributed by atoms with E-state index < -0.39 is 11.5 Å². The summed E-state index contributed by atoms with van der Waals surface area (Å²) in [5.41, 5.74) is 8.38. The highest BCUT2D eigenvalue weighted by Gasteiger charge is 2.12. The zero-order valence-electron chi connectivity index (χ0n) is 18.3. The van der Waals surface area contributed by atoms with Crippen LogP contribution < -0.4 is 26.8 Å². The Morgan fingerprint density at radius 3 is 2.76 bits per heavy atom. The summed E-state index contributed by atoms with van der Waals surface area (Å²) in [6.07, 6.45) is 6.54. The lowest BCUT2D eigenvalue weighted by molar-refractivity contribution is 0.102. The molecule has 0 saturated heterocycles. The summed E-state index contributed by atoms with van der Waals surface area (Å²) in [6, 6.07) is 10.4. The fraction of sp³-hybridized carbons (Fsp3) is 0.174. The fourth-order valence-corrected chi connectivity index (χ4v) is 2.99. The summed E-state index contributed by atoms with van der Waals surface area (Å²) in [7, 11) is 3.63. The van der Waals surface area contributed by atoms with E-state index >= 15 is 0 Å². The highest BCUT2D eigenvalue weighted by molar-refractivity contribution is 6.04. The zero-order chi connectivity index (χ0) is 23.8. The van der Waals surface area contributed by atoms with E-state index in [0.29, 0.717) is 41.3 Å². The normalized spacial score (nSPS) is 10.9. The first-order chi connectivity index (χ1) is 15.9. The molecule has 0 saturated carbocycles. The van der Waals surface area contributed by atoms with Crippen molar-refractivity contribution >= 4 is 23.1 Å². The number of carbonyl (C=O) groups is 1. The number of anilines is 3. The molecule has 2 heterocycles.